The number of rotatable bonds is 10. The van der Waals surface area contributed by atoms with E-state index in [2.05, 4.69) is 5.16 Å². The minimum atomic E-state index is -0.973. The predicted octanol–water partition coefficient (Wildman–Crippen LogP) is 5.99. The van der Waals surface area contributed by atoms with Crippen LogP contribution in [0.1, 0.15) is 42.1 Å². The smallest absolute Gasteiger partial charge is 0.316 e. The van der Waals surface area contributed by atoms with E-state index >= 15 is 0 Å². The molecule has 5 rings (SSSR count). The van der Waals surface area contributed by atoms with Crippen LogP contribution in [0.5, 0.6) is 0 Å². The van der Waals surface area contributed by atoms with E-state index in [1.807, 2.05) is 92.7 Å². The summed E-state index contributed by atoms with van der Waals surface area (Å²) in [5.74, 6) is 0.507. The number of hydrogen-bond acceptors (Lipinski definition) is 6. The molecular formula is C31H31NO5. The van der Waals surface area contributed by atoms with E-state index in [1.165, 1.54) is 0 Å². The molecule has 1 aromatic heterocycles. The highest BCUT2D eigenvalue weighted by atomic mass is 16.6. The second kappa shape index (κ2) is 10.7. The SMILES string of the molecule is CCOC(=O)C1(c2ccc(-c3ccc(-c4onc(C)c4C[C@@H](O)OCc4ccccc4)cc3)cc2)CC1. The summed E-state index contributed by atoms with van der Waals surface area (Å²) < 4.78 is 16.6. The topological polar surface area (TPSA) is 81.8 Å². The zero-order valence-electron chi connectivity index (χ0n) is 21.1. The van der Waals surface area contributed by atoms with Crippen molar-refractivity contribution < 1.29 is 23.9 Å². The van der Waals surface area contributed by atoms with Crippen LogP contribution in [0, 0.1) is 6.92 Å². The molecule has 1 fully saturated rings. The van der Waals surface area contributed by atoms with Crippen LogP contribution >= 0.6 is 0 Å². The summed E-state index contributed by atoms with van der Waals surface area (Å²) in [7, 11) is 0. The van der Waals surface area contributed by atoms with E-state index in [0.29, 0.717) is 19.0 Å². The molecule has 37 heavy (non-hydrogen) atoms. The predicted molar refractivity (Wildman–Crippen MR) is 141 cm³/mol. The molecule has 6 heteroatoms. The number of benzene rings is 3. The summed E-state index contributed by atoms with van der Waals surface area (Å²) in [4.78, 5) is 12.4. The van der Waals surface area contributed by atoms with Gasteiger partial charge in [-0.1, -0.05) is 84.0 Å². The Morgan fingerprint density at radius 3 is 2.22 bits per heavy atom. The molecule has 0 radical (unpaired) electrons. The van der Waals surface area contributed by atoms with Crippen molar-refractivity contribution in [3.63, 3.8) is 0 Å². The molecule has 0 unspecified atom stereocenters. The minimum absolute atomic E-state index is 0.124. The lowest BCUT2D eigenvalue weighted by Crippen LogP contribution is -2.23. The molecule has 0 aliphatic heterocycles. The zero-order chi connectivity index (χ0) is 25.8. The number of carbonyl (C=O) groups excluding carboxylic acids is 1. The Morgan fingerprint density at radius 2 is 1.59 bits per heavy atom. The van der Waals surface area contributed by atoms with Crippen LogP contribution < -0.4 is 0 Å². The van der Waals surface area contributed by atoms with Crippen LogP contribution in [-0.2, 0) is 32.7 Å². The van der Waals surface area contributed by atoms with Crippen molar-refractivity contribution in [2.75, 3.05) is 6.61 Å². The van der Waals surface area contributed by atoms with E-state index in [4.69, 9.17) is 14.0 Å². The highest BCUT2D eigenvalue weighted by Crippen LogP contribution is 2.49. The Balaban J connectivity index is 1.27. The summed E-state index contributed by atoms with van der Waals surface area (Å²) in [5.41, 5.74) is 6.11. The standard InChI is InChI=1S/C31H31NO5/c1-3-35-30(34)31(17-18-31)26-15-13-24(14-16-26)23-9-11-25(12-10-23)29-27(21(2)32-37-29)19-28(33)36-20-22-7-5-4-6-8-22/h4-16,28,33H,3,17-20H2,1-2H3/t28-/m0/s1. The third-order valence-electron chi connectivity index (χ3n) is 6.98. The van der Waals surface area contributed by atoms with Crippen LogP contribution in [0.3, 0.4) is 0 Å². The molecule has 1 N–H and O–H groups in total. The van der Waals surface area contributed by atoms with Crippen molar-refractivity contribution >= 4 is 5.97 Å². The van der Waals surface area contributed by atoms with Gasteiger partial charge in [0.05, 0.1) is 24.3 Å². The van der Waals surface area contributed by atoms with Crippen LogP contribution in [0.25, 0.3) is 22.5 Å². The zero-order valence-corrected chi connectivity index (χ0v) is 21.1. The number of esters is 1. The molecule has 0 saturated heterocycles. The van der Waals surface area contributed by atoms with E-state index in [-0.39, 0.29) is 12.4 Å². The van der Waals surface area contributed by atoms with Gasteiger partial charge < -0.3 is 19.1 Å². The summed E-state index contributed by atoms with van der Waals surface area (Å²) in [6.07, 6.45) is 0.984. The maximum absolute atomic E-state index is 12.4. The molecule has 1 aliphatic carbocycles. The van der Waals surface area contributed by atoms with Gasteiger partial charge in [-0.3, -0.25) is 4.79 Å². The molecule has 0 bridgehead atoms. The third kappa shape index (κ3) is 5.36. The van der Waals surface area contributed by atoms with Gasteiger partial charge in [-0.05, 0) is 48.9 Å². The lowest BCUT2D eigenvalue weighted by Gasteiger charge is -2.15. The highest BCUT2D eigenvalue weighted by molar-refractivity contribution is 5.87. The number of nitrogens with zero attached hydrogens (tertiary/aromatic N) is 1. The summed E-state index contributed by atoms with van der Waals surface area (Å²) in [6.45, 7) is 4.43. The largest absolute Gasteiger partial charge is 0.465 e. The van der Waals surface area contributed by atoms with Gasteiger partial charge in [-0.2, -0.15) is 0 Å². The molecule has 1 saturated carbocycles. The number of aromatic nitrogens is 1. The molecule has 1 aliphatic rings. The quantitative estimate of drug-likeness (QED) is 0.214. The number of ether oxygens (including phenoxy) is 2. The summed E-state index contributed by atoms with van der Waals surface area (Å²) in [6, 6.07) is 26.0. The van der Waals surface area contributed by atoms with Crippen molar-refractivity contribution in [1.29, 1.82) is 0 Å². The van der Waals surface area contributed by atoms with Gasteiger partial charge in [-0.25, -0.2) is 0 Å². The Morgan fingerprint density at radius 1 is 0.973 bits per heavy atom. The minimum Gasteiger partial charge on any atom is -0.465 e. The van der Waals surface area contributed by atoms with Gasteiger partial charge in [0.15, 0.2) is 12.1 Å². The van der Waals surface area contributed by atoms with Gasteiger partial charge in [-0.15, -0.1) is 0 Å². The third-order valence-corrected chi connectivity index (χ3v) is 6.98. The van der Waals surface area contributed by atoms with Crippen molar-refractivity contribution in [1.82, 2.24) is 5.16 Å². The Hall–Kier alpha value is -3.74. The second-order valence-electron chi connectivity index (χ2n) is 9.49. The molecule has 1 heterocycles. The van der Waals surface area contributed by atoms with Gasteiger partial charge in [0, 0.05) is 17.5 Å². The van der Waals surface area contributed by atoms with Gasteiger partial charge in [0.1, 0.15) is 0 Å². The first-order chi connectivity index (χ1) is 18.0. The Bertz CT molecular complexity index is 1340. The molecule has 1 atom stereocenters. The number of carbonyl (C=O) groups is 1. The van der Waals surface area contributed by atoms with E-state index in [9.17, 15) is 9.90 Å². The average Bonchev–Trinajstić information content (AvgIpc) is 3.67. The fourth-order valence-electron chi connectivity index (χ4n) is 4.66. The maximum atomic E-state index is 12.4. The molecule has 190 valence electrons. The highest BCUT2D eigenvalue weighted by Gasteiger charge is 2.52. The molecular weight excluding hydrogens is 466 g/mol. The normalized spacial score (nSPS) is 14.8. The molecule has 0 amide bonds. The van der Waals surface area contributed by atoms with Gasteiger partial charge in [0.2, 0.25) is 0 Å². The Kier molecular flexibility index (Phi) is 7.22. The summed E-state index contributed by atoms with van der Waals surface area (Å²) in [5, 5.41) is 14.6. The monoisotopic (exact) mass is 497 g/mol. The number of aliphatic hydroxyl groups excluding tert-OH is 1. The molecule has 0 spiro atoms. The average molecular weight is 498 g/mol. The van der Waals surface area contributed by atoms with Crippen LogP contribution in [-0.4, -0.2) is 29.1 Å². The fraction of sp³-hybridized carbons (Fsp3) is 0.290. The Labute approximate surface area is 216 Å². The van der Waals surface area contributed by atoms with Crippen LogP contribution in [0.15, 0.2) is 83.4 Å². The molecule has 6 nitrogen and oxygen atoms in total. The van der Waals surface area contributed by atoms with Crippen LogP contribution in [0.2, 0.25) is 0 Å². The first-order valence-corrected chi connectivity index (χ1v) is 12.7. The lowest BCUT2D eigenvalue weighted by atomic mass is 9.93. The summed E-state index contributed by atoms with van der Waals surface area (Å²) >= 11 is 0. The number of aryl methyl sites for hydroxylation is 1. The lowest BCUT2D eigenvalue weighted by molar-refractivity contribution is -0.146. The fourth-order valence-corrected chi connectivity index (χ4v) is 4.66. The number of hydrogen-bond donors (Lipinski definition) is 1. The van der Waals surface area contributed by atoms with E-state index in [0.717, 1.165) is 51.9 Å². The van der Waals surface area contributed by atoms with Crippen LogP contribution in [0.4, 0.5) is 0 Å². The second-order valence-corrected chi connectivity index (χ2v) is 9.49. The van der Waals surface area contributed by atoms with Gasteiger partial charge >= 0.3 is 5.97 Å². The van der Waals surface area contributed by atoms with E-state index in [1.54, 1.807) is 0 Å². The maximum Gasteiger partial charge on any atom is 0.316 e. The van der Waals surface area contributed by atoms with Crippen molar-refractivity contribution in [2.24, 2.45) is 0 Å². The first-order valence-electron chi connectivity index (χ1n) is 12.7. The molecule has 3 aromatic carbocycles. The van der Waals surface area contributed by atoms with Crippen molar-refractivity contribution in [2.45, 2.75) is 51.4 Å². The number of aliphatic hydroxyl groups is 1. The molecule has 4 aromatic rings. The first kappa shape index (κ1) is 24.9. The van der Waals surface area contributed by atoms with Crippen molar-refractivity contribution in [3.8, 4) is 22.5 Å². The van der Waals surface area contributed by atoms with E-state index < -0.39 is 11.7 Å². The van der Waals surface area contributed by atoms with Gasteiger partial charge in [0.25, 0.3) is 0 Å². The van der Waals surface area contributed by atoms with Crippen molar-refractivity contribution in [3.05, 3.63) is 101 Å².